The summed E-state index contributed by atoms with van der Waals surface area (Å²) in [7, 11) is -2.29. The molecular formula is C22H26ClN3O5S. The summed E-state index contributed by atoms with van der Waals surface area (Å²) in [6.07, 6.45) is 0. The van der Waals surface area contributed by atoms with E-state index in [1.165, 1.54) is 23.5 Å². The van der Waals surface area contributed by atoms with Gasteiger partial charge in [0.1, 0.15) is 5.75 Å². The number of sulfonamides is 1. The summed E-state index contributed by atoms with van der Waals surface area (Å²) in [5, 5.41) is 0.647. The third-order valence-corrected chi connectivity index (χ3v) is 7.88. The van der Waals surface area contributed by atoms with Gasteiger partial charge < -0.3 is 19.3 Å². The molecule has 10 heteroatoms. The first-order valence-electron chi connectivity index (χ1n) is 10.5. The number of piperazine rings is 1. The molecule has 4 rings (SSSR count). The maximum Gasteiger partial charge on any atom is 0.257 e. The molecule has 2 aromatic rings. The SMILES string of the molecule is COc1ccc(S(=O)(=O)N2CCN(c3cccc(Cl)c3)CC2)cc1C(=O)N1CCOCC1. The Labute approximate surface area is 193 Å². The largest absolute Gasteiger partial charge is 0.496 e. The third-order valence-electron chi connectivity index (χ3n) is 5.75. The van der Waals surface area contributed by atoms with Crippen LogP contribution in [0, 0.1) is 0 Å². The average Bonchev–Trinajstić information content (AvgIpc) is 2.83. The molecule has 0 spiro atoms. The molecule has 0 N–H and O–H groups in total. The number of carbonyl (C=O) groups is 1. The molecule has 32 heavy (non-hydrogen) atoms. The normalized spacial score (nSPS) is 17.9. The van der Waals surface area contributed by atoms with Crippen molar-refractivity contribution in [3.05, 3.63) is 53.1 Å². The minimum absolute atomic E-state index is 0.0890. The molecule has 0 aliphatic carbocycles. The van der Waals surface area contributed by atoms with E-state index >= 15 is 0 Å². The second-order valence-electron chi connectivity index (χ2n) is 7.64. The topological polar surface area (TPSA) is 79.4 Å². The zero-order valence-corrected chi connectivity index (χ0v) is 19.4. The number of ether oxygens (including phenoxy) is 2. The number of benzene rings is 2. The van der Waals surface area contributed by atoms with E-state index in [9.17, 15) is 13.2 Å². The molecule has 0 aromatic heterocycles. The van der Waals surface area contributed by atoms with E-state index in [1.54, 1.807) is 11.0 Å². The molecule has 1 amide bonds. The van der Waals surface area contributed by atoms with Crippen LogP contribution < -0.4 is 9.64 Å². The van der Waals surface area contributed by atoms with Crippen LogP contribution in [0.2, 0.25) is 5.02 Å². The molecule has 0 unspecified atom stereocenters. The number of morpholine rings is 1. The maximum atomic E-state index is 13.3. The first-order valence-corrected chi connectivity index (χ1v) is 12.3. The Morgan fingerprint density at radius 1 is 1.00 bits per heavy atom. The van der Waals surface area contributed by atoms with Crippen LogP contribution in [0.1, 0.15) is 10.4 Å². The van der Waals surface area contributed by atoms with E-state index < -0.39 is 10.0 Å². The predicted molar refractivity (Wildman–Crippen MR) is 122 cm³/mol. The highest BCUT2D eigenvalue weighted by atomic mass is 35.5. The van der Waals surface area contributed by atoms with Crippen LogP contribution in [0.3, 0.4) is 0 Å². The molecule has 2 aliphatic heterocycles. The maximum absolute atomic E-state index is 13.3. The second-order valence-corrected chi connectivity index (χ2v) is 10.0. The molecular weight excluding hydrogens is 454 g/mol. The minimum Gasteiger partial charge on any atom is -0.496 e. The zero-order chi connectivity index (χ0) is 22.7. The molecule has 0 bridgehead atoms. The van der Waals surface area contributed by atoms with Gasteiger partial charge in [-0.2, -0.15) is 4.31 Å². The van der Waals surface area contributed by atoms with Gasteiger partial charge in [-0.1, -0.05) is 17.7 Å². The monoisotopic (exact) mass is 479 g/mol. The Morgan fingerprint density at radius 2 is 1.72 bits per heavy atom. The van der Waals surface area contributed by atoms with Crippen LogP contribution >= 0.6 is 11.6 Å². The van der Waals surface area contributed by atoms with Crippen molar-refractivity contribution in [1.82, 2.24) is 9.21 Å². The van der Waals surface area contributed by atoms with Crippen molar-refractivity contribution >= 4 is 33.2 Å². The van der Waals surface area contributed by atoms with Gasteiger partial charge in [-0.25, -0.2) is 8.42 Å². The number of rotatable bonds is 5. The summed E-state index contributed by atoms with van der Waals surface area (Å²) in [4.78, 5) is 16.9. The van der Waals surface area contributed by atoms with Crippen LogP contribution in [0.5, 0.6) is 5.75 Å². The summed E-state index contributed by atoms with van der Waals surface area (Å²) < 4.78 is 38.8. The van der Waals surface area contributed by atoms with Crippen LogP contribution in [-0.2, 0) is 14.8 Å². The van der Waals surface area contributed by atoms with Gasteiger partial charge in [-0.15, -0.1) is 0 Å². The minimum atomic E-state index is -3.76. The van der Waals surface area contributed by atoms with Gasteiger partial charge in [0.05, 0.1) is 30.8 Å². The van der Waals surface area contributed by atoms with Gasteiger partial charge in [0.15, 0.2) is 0 Å². The lowest BCUT2D eigenvalue weighted by Crippen LogP contribution is -2.48. The van der Waals surface area contributed by atoms with Gasteiger partial charge >= 0.3 is 0 Å². The Balaban J connectivity index is 1.53. The van der Waals surface area contributed by atoms with E-state index in [0.717, 1.165) is 5.69 Å². The van der Waals surface area contributed by atoms with Crippen molar-refractivity contribution in [2.75, 3.05) is 64.5 Å². The molecule has 0 atom stereocenters. The standard InChI is InChI=1S/C22H26ClN3O5S/c1-30-21-6-5-19(16-20(21)22(27)25-11-13-31-14-12-25)32(28,29)26-9-7-24(8-10-26)18-4-2-3-17(23)15-18/h2-6,15-16H,7-14H2,1H3. The van der Waals surface area contributed by atoms with E-state index in [0.29, 0.717) is 63.3 Å². The molecule has 8 nitrogen and oxygen atoms in total. The van der Waals surface area contributed by atoms with E-state index in [-0.39, 0.29) is 16.4 Å². The van der Waals surface area contributed by atoms with Gasteiger partial charge in [-0.3, -0.25) is 4.79 Å². The Hall–Kier alpha value is -2.33. The summed E-state index contributed by atoms with van der Waals surface area (Å²) in [6, 6.07) is 12.0. The number of hydrogen-bond acceptors (Lipinski definition) is 6. The molecule has 2 heterocycles. The van der Waals surface area contributed by atoms with Crippen molar-refractivity contribution in [2.45, 2.75) is 4.90 Å². The van der Waals surface area contributed by atoms with Crippen molar-refractivity contribution in [3.8, 4) is 5.75 Å². The average molecular weight is 480 g/mol. The Bertz CT molecular complexity index is 1080. The van der Waals surface area contributed by atoms with Crippen LogP contribution in [0.4, 0.5) is 5.69 Å². The van der Waals surface area contributed by atoms with Crippen molar-refractivity contribution in [1.29, 1.82) is 0 Å². The number of hydrogen-bond donors (Lipinski definition) is 0. The Kier molecular flexibility index (Phi) is 6.90. The number of nitrogens with zero attached hydrogens (tertiary/aromatic N) is 3. The lowest BCUT2D eigenvalue weighted by atomic mass is 10.1. The number of halogens is 1. The molecule has 172 valence electrons. The van der Waals surface area contributed by atoms with E-state index in [2.05, 4.69) is 4.90 Å². The first-order chi connectivity index (χ1) is 15.4. The predicted octanol–water partition coefficient (Wildman–Crippen LogP) is 2.33. The summed E-state index contributed by atoms with van der Waals surface area (Å²) in [6.45, 7) is 3.63. The molecule has 2 aliphatic rings. The van der Waals surface area contributed by atoms with Crippen molar-refractivity contribution in [2.24, 2.45) is 0 Å². The smallest absolute Gasteiger partial charge is 0.257 e. The summed E-state index contributed by atoms with van der Waals surface area (Å²) in [5.41, 5.74) is 1.21. The third kappa shape index (κ3) is 4.71. The first kappa shape index (κ1) is 22.8. The summed E-state index contributed by atoms with van der Waals surface area (Å²) >= 11 is 6.09. The highest BCUT2D eigenvalue weighted by Gasteiger charge is 2.31. The number of methoxy groups -OCH3 is 1. The lowest BCUT2D eigenvalue weighted by Gasteiger charge is -2.35. The molecule has 2 aromatic carbocycles. The lowest BCUT2D eigenvalue weighted by molar-refractivity contribution is 0.0300. The van der Waals surface area contributed by atoms with Crippen LogP contribution in [0.25, 0.3) is 0 Å². The zero-order valence-electron chi connectivity index (χ0n) is 17.9. The van der Waals surface area contributed by atoms with Gasteiger partial charge in [0.2, 0.25) is 10.0 Å². The number of amides is 1. The highest BCUT2D eigenvalue weighted by molar-refractivity contribution is 7.89. The fourth-order valence-electron chi connectivity index (χ4n) is 3.96. The fraction of sp³-hybridized carbons (Fsp3) is 0.409. The fourth-order valence-corrected chi connectivity index (χ4v) is 5.59. The quantitative estimate of drug-likeness (QED) is 0.655. The Morgan fingerprint density at radius 3 is 2.38 bits per heavy atom. The van der Waals surface area contributed by atoms with E-state index in [1.807, 2.05) is 24.3 Å². The van der Waals surface area contributed by atoms with Crippen LogP contribution in [-0.4, -0.2) is 83.1 Å². The van der Waals surface area contributed by atoms with Crippen molar-refractivity contribution in [3.63, 3.8) is 0 Å². The van der Waals surface area contributed by atoms with Gasteiger partial charge in [0.25, 0.3) is 5.91 Å². The second kappa shape index (κ2) is 9.66. The molecule has 2 fully saturated rings. The summed E-state index contributed by atoms with van der Waals surface area (Å²) in [5.74, 6) is 0.0965. The van der Waals surface area contributed by atoms with Gasteiger partial charge in [-0.05, 0) is 36.4 Å². The number of carbonyl (C=O) groups excluding carboxylic acids is 1. The van der Waals surface area contributed by atoms with E-state index in [4.69, 9.17) is 21.1 Å². The highest BCUT2D eigenvalue weighted by Crippen LogP contribution is 2.28. The van der Waals surface area contributed by atoms with Crippen molar-refractivity contribution < 1.29 is 22.7 Å². The number of anilines is 1. The molecule has 0 saturated carbocycles. The molecule has 2 saturated heterocycles. The molecule has 0 radical (unpaired) electrons. The van der Waals surface area contributed by atoms with Gasteiger partial charge in [0, 0.05) is 50.0 Å². The van der Waals surface area contributed by atoms with Crippen LogP contribution in [0.15, 0.2) is 47.4 Å².